The molecule has 0 aliphatic heterocycles. The second kappa shape index (κ2) is 8.24. The summed E-state index contributed by atoms with van der Waals surface area (Å²) in [6, 6.07) is 5.98. The summed E-state index contributed by atoms with van der Waals surface area (Å²) >= 11 is 0. The normalized spacial score (nSPS) is 11.3. The lowest BCUT2D eigenvalue weighted by Crippen LogP contribution is -2.47. The van der Waals surface area contributed by atoms with E-state index in [0.717, 1.165) is 0 Å². The molecule has 7 nitrogen and oxygen atoms in total. The molecule has 24 heavy (non-hydrogen) atoms. The van der Waals surface area contributed by atoms with Gasteiger partial charge in [0.2, 0.25) is 11.8 Å². The maximum absolute atomic E-state index is 12.2. The van der Waals surface area contributed by atoms with Gasteiger partial charge in [-0.2, -0.15) is 0 Å². The zero-order valence-corrected chi connectivity index (χ0v) is 14.4. The van der Waals surface area contributed by atoms with Crippen molar-refractivity contribution in [2.24, 2.45) is 0 Å². The van der Waals surface area contributed by atoms with Crippen LogP contribution in [0, 0.1) is 10.1 Å². The number of nitro groups is 1. The average molecular weight is 333 g/mol. The van der Waals surface area contributed by atoms with Gasteiger partial charge in [0.1, 0.15) is 0 Å². The summed E-state index contributed by atoms with van der Waals surface area (Å²) in [5, 5.41) is 13.5. The van der Waals surface area contributed by atoms with Gasteiger partial charge in [-0.15, -0.1) is 0 Å². The van der Waals surface area contributed by atoms with Crippen molar-refractivity contribution in [2.45, 2.75) is 33.2 Å². The summed E-state index contributed by atoms with van der Waals surface area (Å²) in [4.78, 5) is 35.8. The van der Waals surface area contributed by atoms with Gasteiger partial charge in [-0.1, -0.05) is 12.1 Å². The Kier molecular flexibility index (Phi) is 6.64. The minimum atomic E-state index is -0.492. The number of non-ortho nitro benzene ring substituents is 1. The number of hydrogen-bond acceptors (Lipinski definition) is 4. The Labute approximate surface area is 141 Å². The third-order valence-corrected chi connectivity index (χ3v) is 3.04. The molecule has 0 spiro atoms. The van der Waals surface area contributed by atoms with Crippen molar-refractivity contribution in [1.29, 1.82) is 0 Å². The van der Waals surface area contributed by atoms with Crippen molar-refractivity contribution in [3.63, 3.8) is 0 Å². The van der Waals surface area contributed by atoms with E-state index >= 15 is 0 Å². The molecule has 0 aliphatic rings. The number of carbonyl (C=O) groups excluding carboxylic acids is 2. The van der Waals surface area contributed by atoms with Crippen LogP contribution in [-0.2, 0) is 9.59 Å². The van der Waals surface area contributed by atoms with Gasteiger partial charge in [0, 0.05) is 30.3 Å². The molecule has 0 saturated heterocycles. The topological polar surface area (TPSA) is 92.6 Å². The van der Waals surface area contributed by atoms with Crippen molar-refractivity contribution in [2.75, 3.05) is 13.1 Å². The van der Waals surface area contributed by atoms with E-state index in [1.807, 2.05) is 20.8 Å². The predicted octanol–water partition coefficient (Wildman–Crippen LogP) is 2.37. The number of hydrogen-bond donors (Lipinski definition) is 1. The predicted molar refractivity (Wildman–Crippen MR) is 92.3 cm³/mol. The molecule has 1 N–H and O–H groups in total. The first kappa shape index (κ1) is 19.3. The third-order valence-electron chi connectivity index (χ3n) is 3.04. The highest BCUT2D eigenvalue weighted by Gasteiger charge is 2.18. The molecule has 0 saturated carbocycles. The van der Waals surface area contributed by atoms with E-state index in [1.54, 1.807) is 19.1 Å². The van der Waals surface area contributed by atoms with Crippen LogP contribution in [-0.4, -0.2) is 40.3 Å². The molecule has 0 radical (unpaired) electrons. The SMILES string of the molecule is CCN(CC(=O)NC(C)(C)C)C(=O)/C=C/c1cccc([N+](=O)[O-])c1. The average Bonchev–Trinajstić information content (AvgIpc) is 2.48. The van der Waals surface area contributed by atoms with Crippen molar-refractivity contribution in [3.05, 3.63) is 46.0 Å². The van der Waals surface area contributed by atoms with Crippen LogP contribution in [0.25, 0.3) is 6.08 Å². The fourth-order valence-corrected chi connectivity index (χ4v) is 1.99. The minimum absolute atomic E-state index is 0.0358. The molecule has 1 aromatic rings. The Morgan fingerprint density at radius 1 is 1.33 bits per heavy atom. The molecule has 130 valence electrons. The molecule has 0 aliphatic carbocycles. The van der Waals surface area contributed by atoms with Crippen LogP contribution in [0.1, 0.15) is 33.3 Å². The van der Waals surface area contributed by atoms with Gasteiger partial charge >= 0.3 is 0 Å². The van der Waals surface area contributed by atoms with E-state index in [4.69, 9.17) is 0 Å². The van der Waals surface area contributed by atoms with Gasteiger partial charge in [-0.05, 0) is 39.3 Å². The van der Waals surface area contributed by atoms with Gasteiger partial charge in [0.05, 0.1) is 11.5 Å². The Morgan fingerprint density at radius 2 is 2.00 bits per heavy atom. The maximum Gasteiger partial charge on any atom is 0.270 e. The monoisotopic (exact) mass is 333 g/mol. The van der Waals surface area contributed by atoms with Crippen molar-refractivity contribution in [3.8, 4) is 0 Å². The van der Waals surface area contributed by atoms with Gasteiger partial charge in [0.25, 0.3) is 5.69 Å². The summed E-state index contributed by atoms with van der Waals surface area (Å²) in [6.07, 6.45) is 2.81. The largest absolute Gasteiger partial charge is 0.350 e. The molecular formula is C17H23N3O4. The smallest absolute Gasteiger partial charge is 0.270 e. The Balaban J connectivity index is 2.75. The zero-order chi connectivity index (χ0) is 18.3. The van der Waals surface area contributed by atoms with Gasteiger partial charge in [-0.3, -0.25) is 19.7 Å². The summed E-state index contributed by atoms with van der Waals surface area (Å²) in [6.45, 7) is 7.73. The van der Waals surface area contributed by atoms with Crippen molar-refractivity contribution in [1.82, 2.24) is 10.2 Å². The molecule has 1 rings (SSSR count). The first-order chi connectivity index (χ1) is 11.1. The van der Waals surface area contributed by atoms with Crippen LogP contribution in [0.5, 0.6) is 0 Å². The Hall–Kier alpha value is -2.70. The molecule has 0 unspecified atom stereocenters. The maximum atomic E-state index is 12.2. The first-order valence-electron chi connectivity index (χ1n) is 7.65. The number of nitrogens with zero attached hydrogens (tertiary/aromatic N) is 2. The molecular weight excluding hydrogens is 310 g/mol. The van der Waals surface area contributed by atoms with E-state index in [1.165, 1.54) is 29.2 Å². The summed E-state index contributed by atoms with van der Waals surface area (Å²) in [5.41, 5.74) is 0.146. The van der Waals surface area contributed by atoms with Gasteiger partial charge in [0.15, 0.2) is 0 Å². The van der Waals surface area contributed by atoms with Crippen LogP contribution in [0.15, 0.2) is 30.3 Å². The van der Waals surface area contributed by atoms with Crippen LogP contribution >= 0.6 is 0 Å². The van der Waals surface area contributed by atoms with E-state index < -0.39 is 4.92 Å². The van der Waals surface area contributed by atoms with Crippen LogP contribution < -0.4 is 5.32 Å². The molecule has 7 heteroatoms. The first-order valence-corrected chi connectivity index (χ1v) is 7.65. The van der Waals surface area contributed by atoms with E-state index in [0.29, 0.717) is 12.1 Å². The lowest BCUT2D eigenvalue weighted by Gasteiger charge is -2.24. The second-order valence-corrected chi connectivity index (χ2v) is 6.34. The van der Waals surface area contributed by atoms with E-state index in [-0.39, 0.29) is 29.6 Å². The highest BCUT2D eigenvalue weighted by Crippen LogP contribution is 2.14. The lowest BCUT2D eigenvalue weighted by molar-refractivity contribution is -0.384. The minimum Gasteiger partial charge on any atom is -0.350 e. The van der Waals surface area contributed by atoms with E-state index in [2.05, 4.69) is 5.32 Å². The van der Waals surface area contributed by atoms with Crippen LogP contribution in [0.3, 0.4) is 0 Å². The number of rotatable bonds is 6. The molecule has 0 aromatic heterocycles. The quantitative estimate of drug-likeness (QED) is 0.491. The number of likely N-dealkylation sites (N-methyl/N-ethyl adjacent to an activating group) is 1. The second-order valence-electron chi connectivity index (χ2n) is 6.34. The third kappa shape index (κ3) is 6.60. The fourth-order valence-electron chi connectivity index (χ4n) is 1.99. The number of amides is 2. The highest BCUT2D eigenvalue weighted by molar-refractivity contribution is 5.94. The molecule has 0 fully saturated rings. The molecule has 1 aromatic carbocycles. The van der Waals surface area contributed by atoms with Crippen molar-refractivity contribution >= 4 is 23.6 Å². The Morgan fingerprint density at radius 3 is 2.54 bits per heavy atom. The lowest BCUT2D eigenvalue weighted by atomic mass is 10.1. The number of nitrogens with one attached hydrogen (secondary N) is 1. The molecule has 0 atom stereocenters. The summed E-state index contributed by atoms with van der Waals surface area (Å²) in [7, 11) is 0. The van der Waals surface area contributed by atoms with Crippen LogP contribution in [0.4, 0.5) is 5.69 Å². The van der Waals surface area contributed by atoms with Gasteiger partial charge in [-0.25, -0.2) is 0 Å². The fraction of sp³-hybridized carbons (Fsp3) is 0.412. The molecule has 0 bridgehead atoms. The van der Waals surface area contributed by atoms with Gasteiger partial charge < -0.3 is 10.2 Å². The summed E-state index contributed by atoms with van der Waals surface area (Å²) in [5.74, 6) is -0.561. The standard InChI is InChI=1S/C17H23N3O4/c1-5-19(12-15(21)18-17(2,3)4)16(22)10-9-13-7-6-8-14(11-13)20(23)24/h6-11H,5,12H2,1-4H3,(H,18,21)/b10-9+. The molecule has 0 heterocycles. The number of carbonyl (C=O) groups is 2. The van der Waals surface area contributed by atoms with Crippen LogP contribution in [0.2, 0.25) is 0 Å². The number of nitro benzene ring substituents is 1. The Bertz CT molecular complexity index is 647. The number of benzene rings is 1. The highest BCUT2D eigenvalue weighted by atomic mass is 16.6. The van der Waals surface area contributed by atoms with Crippen molar-refractivity contribution < 1.29 is 14.5 Å². The van der Waals surface area contributed by atoms with E-state index in [9.17, 15) is 19.7 Å². The zero-order valence-electron chi connectivity index (χ0n) is 14.4. The summed E-state index contributed by atoms with van der Waals surface area (Å²) < 4.78 is 0. The molecule has 2 amide bonds.